The highest BCUT2D eigenvalue weighted by Crippen LogP contribution is 2.24. The number of carbonyl (C=O) groups excluding carboxylic acids is 1. The van der Waals surface area contributed by atoms with Crippen LogP contribution in [0.1, 0.15) is 18.1 Å². The van der Waals surface area contributed by atoms with Gasteiger partial charge in [-0.15, -0.1) is 0 Å². The van der Waals surface area contributed by atoms with Gasteiger partial charge < -0.3 is 14.4 Å². The Labute approximate surface area is 130 Å². The summed E-state index contributed by atoms with van der Waals surface area (Å²) >= 11 is 0. The van der Waals surface area contributed by atoms with Crippen LogP contribution in [0.5, 0.6) is 11.5 Å². The smallest absolute Gasteiger partial charge is 0.261 e. The van der Waals surface area contributed by atoms with Crippen molar-refractivity contribution in [2.75, 3.05) is 13.2 Å². The third-order valence-corrected chi connectivity index (χ3v) is 3.65. The Morgan fingerprint density at radius 3 is 2.68 bits per heavy atom. The van der Waals surface area contributed by atoms with Crippen molar-refractivity contribution >= 4 is 5.91 Å². The van der Waals surface area contributed by atoms with E-state index in [0.29, 0.717) is 19.7 Å². The predicted molar refractivity (Wildman–Crippen MR) is 83.8 cm³/mol. The number of hydrogen-bond acceptors (Lipinski definition) is 3. The number of rotatable bonds is 4. The lowest BCUT2D eigenvalue weighted by molar-refractivity contribution is -0.133. The van der Waals surface area contributed by atoms with Crippen molar-refractivity contribution in [1.82, 2.24) is 4.90 Å². The Bertz CT molecular complexity index is 652. The summed E-state index contributed by atoms with van der Waals surface area (Å²) in [5.74, 6) is 1.65. The SMILES string of the molecule is CCOc1ccc(CN2Cc3ccccc3OCC2=O)cc1. The van der Waals surface area contributed by atoms with Crippen molar-refractivity contribution in [3.63, 3.8) is 0 Å². The molecular formula is C18H19NO3. The summed E-state index contributed by atoms with van der Waals surface area (Å²) in [7, 11) is 0. The first kappa shape index (κ1) is 14.4. The molecule has 0 unspecified atom stereocenters. The summed E-state index contributed by atoms with van der Waals surface area (Å²) in [5, 5.41) is 0. The molecule has 0 aliphatic carbocycles. The minimum Gasteiger partial charge on any atom is -0.494 e. The highest BCUT2D eigenvalue weighted by Gasteiger charge is 2.21. The van der Waals surface area contributed by atoms with Crippen molar-refractivity contribution in [1.29, 1.82) is 0 Å². The van der Waals surface area contributed by atoms with Gasteiger partial charge in [0.05, 0.1) is 6.61 Å². The molecule has 0 atom stereocenters. The Balaban J connectivity index is 1.74. The minimum atomic E-state index is 0.00471. The Hall–Kier alpha value is -2.49. The summed E-state index contributed by atoms with van der Waals surface area (Å²) in [5.41, 5.74) is 2.12. The van der Waals surface area contributed by atoms with Crippen LogP contribution in [0, 0.1) is 0 Å². The Morgan fingerprint density at radius 1 is 1.14 bits per heavy atom. The third-order valence-electron chi connectivity index (χ3n) is 3.65. The molecule has 1 heterocycles. The number of amides is 1. The van der Waals surface area contributed by atoms with Crippen molar-refractivity contribution in [3.8, 4) is 11.5 Å². The third kappa shape index (κ3) is 3.22. The number of carbonyl (C=O) groups is 1. The molecule has 1 amide bonds. The number of hydrogen-bond donors (Lipinski definition) is 0. The molecule has 2 aromatic carbocycles. The lowest BCUT2D eigenvalue weighted by Crippen LogP contribution is -2.31. The zero-order valence-electron chi connectivity index (χ0n) is 12.6. The van der Waals surface area contributed by atoms with Crippen LogP contribution < -0.4 is 9.47 Å². The zero-order chi connectivity index (χ0) is 15.4. The average molecular weight is 297 g/mol. The summed E-state index contributed by atoms with van der Waals surface area (Å²) in [4.78, 5) is 14.1. The van der Waals surface area contributed by atoms with E-state index in [0.717, 1.165) is 22.6 Å². The summed E-state index contributed by atoms with van der Waals surface area (Å²) in [6, 6.07) is 15.7. The molecule has 0 saturated carbocycles. The van der Waals surface area contributed by atoms with Crippen LogP contribution in [0.15, 0.2) is 48.5 Å². The number of ether oxygens (including phenoxy) is 2. The van der Waals surface area contributed by atoms with E-state index in [2.05, 4.69) is 0 Å². The Kier molecular flexibility index (Phi) is 4.28. The van der Waals surface area contributed by atoms with Gasteiger partial charge in [-0.05, 0) is 30.7 Å². The van der Waals surface area contributed by atoms with E-state index in [1.54, 1.807) is 0 Å². The van der Waals surface area contributed by atoms with Gasteiger partial charge in [0.25, 0.3) is 5.91 Å². The molecule has 0 N–H and O–H groups in total. The molecule has 4 nitrogen and oxygen atoms in total. The van der Waals surface area contributed by atoms with E-state index in [1.807, 2.05) is 60.4 Å². The molecular weight excluding hydrogens is 278 g/mol. The minimum absolute atomic E-state index is 0.00471. The largest absolute Gasteiger partial charge is 0.494 e. The molecule has 0 saturated heterocycles. The molecule has 0 spiro atoms. The first-order valence-electron chi connectivity index (χ1n) is 7.46. The van der Waals surface area contributed by atoms with E-state index in [1.165, 1.54) is 0 Å². The maximum absolute atomic E-state index is 12.2. The number of fused-ring (bicyclic) bond motifs is 1. The number of benzene rings is 2. The van der Waals surface area contributed by atoms with Crippen LogP contribution in [-0.2, 0) is 17.9 Å². The van der Waals surface area contributed by atoms with E-state index in [9.17, 15) is 4.79 Å². The quantitative estimate of drug-likeness (QED) is 0.871. The Morgan fingerprint density at radius 2 is 1.91 bits per heavy atom. The van der Waals surface area contributed by atoms with Gasteiger partial charge in [-0.1, -0.05) is 30.3 Å². The van der Waals surface area contributed by atoms with E-state index >= 15 is 0 Å². The highest BCUT2D eigenvalue weighted by atomic mass is 16.5. The lowest BCUT2D eigenvalue weighted by Gasteiger charge is -2.20. The first-order valence-corrected chi connectivity index (χ1v) is 7.46. The zero-order valence-corrected chi connectivity index (χ0v) is 12.6. The van der Waals surface area contributed by atoms with Crippen LogP contribution >= 0.6 is 0 Å². The standard InChI is InChI=1S/C18H19NO3/c1-2-21-16-9-7-14(8-10-16)11-19-12-15-5-3-4-6-17(15)22-13-18(19)20/h3-10H,2,11-13H2,1H3. The number of para-hydroxylation sites is 1. The predicted octanol–water partition coefficient (Wildman–Crippen LogP) is 3.01. The van der Waals surface area contributed by atoms with Crippen molar-refractivity contribution in [3.05, 3.63) is 59.7 Å². The summed E-state index contributed by atoms with van der Waals surface area (Å²) in [6.45, 7) is 3.85. The molecule has 1 aliphatic heterocycles. The fraction of sp³-hybridized carbons (Fsp3) is 0.278. The molecule has 0 aromatic heterocycles. The second kappa shape index (κ2) is 6.52. The molecule has 4 heteroatoms. The second-order valence-electron chi connectivity index (χ2n) is 5.22. The van der Waals surface area contributed by atoms with Crippen LogP contribution in [0.4, 0.5) is 0 Å². The van der Waals surface area contributed by atoms with Gasteiger partial charge in [-0.25, -0.2) is 0 Å². The van der Waals surface area contributed by atoms with Crippen LogP contribution in [-0.4, -0.2) is 24.0 Å². The molecule has 0 bridgehead atoms. The summed E-state index contributed by atoms with van der Waals surface area (Å²) in [6.07, 6.45) is 0. The maximum Gasteiger partial charge on any atom is 0.261 e. The summed E-state index contributed by atoms with van der Waals surface area (Å²) < 4.78 is 11.0. The molecule has 0 radical (unpaired) electrons. The van der Waals surface area contributed by atoms with E-state index < -0.39 is 0 Å². The molecule has 1 aliphatic rings. The van der Waals surface area contributed by atoms with Gasteiger partial charge >= 0.3 is 0 Å². The van der Waals surface area contributed by atoms with Crippen molar-refractivity contribution in [2.45, 2.75) is 20.0 Å². The first-order chi connectivity index (χ1) is 10.8. The molecule has 22 heavy (non-hydrogen) atoms. The van der Waals surface area contributed by atoms with Gasteiger partial charge in [0.2, 0.25) is 0 Å². The molecule has 3 rings (SSSR count). The van der Waals surface area contributed by atoms with Gasteiger partial charge in [0, 0.05) is 18.7 Å². The normalized spacial score (nSPS) is 14.0. The van der Waals surface area contributed by atoms with Gasteiger partial charge in [0.1, 0.15) is 11.5 Å². The van der Waals surface area contributed by atoms with E-state index in [4.69, 9.17) is 9.47 Å². The number of nitrogens with zero attached hydrogens (tertiary/aromatic N) is 1. The topological polar surface area (TPSA) is 38.8 Å². The van der Waals surface area contributed by atoms with Gasteiger partial charge in [-0.3, -0.25) is 4.79 Å². The van der Waals surface area contributed by atoms with Crippen LogP contribution in [0.3, 0.4) is 0 Å². The molecule has 0 fully saturated rings. The maximum atomic E-state index is 12.2. The van der Waals surface area contributed by atoms with Crippen LogP contribution in [0.2, 0.25) is 0 Å². The average Bonchev–Trinajstić information content (AvgIpc) is 2.70. The fourth-order valence-corrected chi connectivity index (χ4v) is 2.52. The second-order valence-corrected chi connectivity index (χ2v) is 5.22. The highest BCUT2D eigenvalue weighted by molar-refractivity contribution is 5.78. The van der Waals surface area contributed by atoms with Gasteiger partial charge in [0.15, 0.2) is 6.61 Å². The van der Waals surface area contributed by atoms with Crippen LogP contribution in [0.25, 0.3) is 0 Å². The molecule has 2 aromatic rings. The fourth-order valence-electron chi connectivity index (χ4n) is 2.52. The lowest BCUT2D eigenvalue weighted by atomic mass is 10.1. The van der Waals surface area contributed by atoms with E-state index in [-0.39, 0.29) is 12.5 Å². The van der Waals surface area contributed by atoms with Crippen molar-refractivity contribution in [2.24, 2.45) is 0 Å². The molecule has 114 valence electrons. The van der Waals surface area contributed by atoms with Crippen molar-refractivity contribution < 1.29 is 14.3 Å². The monoisotopic (exact) mass is 297 g/mol. The van der Waals surface area contributed by atoms with Gasteiger partial charge in [-0.2, -0.15) is 0 Å².